The van der Waals surface area contributed by atoms with Gasteiger partial charge in [0.25, 0.3) is 0 Å². The largest absolute Gasteiger partial charge is 0.393 e. The molecule has 25 heavy (non-hydrogen) atoms. The molecule has 4 nitrogen and oxygen atoms in total. The lowest BCUT2D eigenvalue weighted by Gasteiger charge is -2.09. The Hall–Kier alpha value is -1.78. The molecule has 0 saturated carbocycles. The van der Waals surface area contributed by atoms with Gasteiger partial charge in [-0.05, 0) is 24.0 Å². The van der Waals surface area contributed by atoms with E-state index in [0.717, 1.165) is 23.4 Å². The van der Waals surface area contributed by atoms with E-state index in [0.29, 0.717) is 6.61 Å². The highest BCUT2D eigenvalue weighted by Crippen LogP contribution is 2.38. The van der Waals surface area contributed by atoms with Gasteiger partial charge in [-0.3, -0.25) is 0 Å². The van der Waals surface area contributed by atoms with Crippen molar-refractivity contribution >= 4 is 0 Å². The first-order chi connectivity index (χ1) is 12.3. The molecule has 0 amide bonds. The molecular weight excluding hydrogens is 312 g/mol. The van der Waals surface area contributed by atoms with Gasteiger partial charge in [0.2, 0.25) is 0 Å². The molecule has 0 radical (unpaired) electrons. The van der Waals surface area contributed by atoms with Gasteiger partial charge in [-0.1, -0.05) is 63.3 Å². The SMILES string of the molecule is CCCCCCCCc1cnc(-c2ccc([C@]3(CO)CO3)cc2)nc1. The average molecular weight is 340 g/mol. The average Bonchev–Trinajstić information content (AvgIpc) is 3.47. The van der Waals surface area contributed by atoms with Gasteiger partial charge >= 0.3 is 0 Å². The van der Waals surface area contributed by atoms with Gasteiger partial charge in [0.05, 0.1) is 13.2 Å². The lowest BCUT2D eigenvalue weighted by atomic mass is 9.99. The smallest absolute Gasteiger partial charge is 0.159 e. The summed E-state index contributed by atoms with van der Waals surface area (Å²) in [6.07, 6.45) is 12.8. The van der Waals surface area contributed by atoms with E-state index in [-0.39, 0.29) is 6.61 Å². The normalized spacial score (nSPS) is 19.1. The summed E-state index contributed by atoms with van der Waals surface area (Å²) in [7, 11) is 0. The number of hydrogen-bond donors (Lipinski definition) is 1. The summed E-state index contributed by atoms with van der Waals surface area (Å²) >= 11 is 0. The summed E-state index contributed by atoms with van der Waals surface area (Å²) in [5.41, 5.74) is 2.74. The molecule has 0 unspecified atom stereocenters. The van der Waals surface area contributed by atoms with Crippen LogP contribution in [0.25, 0.3) is 11.4 Å². The van der Waals surface area contributed by atoms with E-state index >= 15 is 0 Å². The van der Waals surface area contributed by atoms with Crippen LogP contribution in [0, 0.1) is 0 Å². The Morgan fingerprint density at radius 2 is 1.64 bits per heavy atom. The topological polar surface area (TPSA) is 58.5 Å². The molecule has 0 spiro atoms. The molecule has 1 fully saturated rings. The third kappa shape index (κ3) is 4.65. The fourth-order valence-electron chi connectivity index (χ4n) is 3.10. The van der Waals surface area contributed by atoms with Crippen molar-refractivity contribution in [1.82, 2.24) is 9.97 Å². The lowest BCUT2D eigenvalue weighted by Crippen LogP contribution is -2.13. The van der Waals surface area contributed by atoms with Crippen molar-refractivity contribution in [1.29, 1.82) is 0 Å². The molecule has 134 valence electrons. The van der Waals surface area contributed by atoms with Gasteiger partial charge in [-0.15, -0.1) is 0 Å². The third-order valence-electron chi connectivity index (χ3n) is 4.94. The standard InChI is InChI=1S/C21H28N2O2/c1-2-3-4-5-6-7-8-17-13-22-20(23-14-17)18-9-11-19(12-10-18)21(15-24)16-25-21/h9-14,24H,2-8,15-16H2,1H3/t21-/m0/s1. The first-order valence-electron chi connectivity index (χ1n) is 9.44. The molecule has 4 heteroatoms. The van der Waals surface area contributed by atoms with Crippen LogP contribution < -0.4 is 0 Å². The van der Waals surface area contributed by atoms with E-state index in [1.165, 1.54) is 44.1 Å². The second-order valence-corrected chi connectivity index (χ2v) is 6.95. The maximum atomic E-state index is 9.41. The van der Waals surface area contributed by atoms with Crippen molar-refractivity contribution in [2.75, 3.05) is 13.2 Å². The molecule has 1 aliphatic rings. The van der Waals surface area contributed by atoms with E-state index in [9.17, 15) is 5.11 Å². The number of aromatic nitrogens is 2. The number of unbranched alkanes of at least 4 members (excludes halogenated alkanes) is 5. The molecule has 1 saturated heterocycles. The quantitative estimate of drug-likeness (QED) is 0.518. The van der Waals surface area contributed by atoms with E-state index in [1.807, 2.05) is 36.7 Å². The highest BCUT2D eigenvalue weighted by molar-refractivity contribution is 5.55. The molecule has 3 rings (SSSR count). The van der Waals surface area contributed by atoms with Crippen LogP contribution in [0.4, 0.5) is 0 Å². The van der Waals surface area contributed by atoms with E-state index in [1.54, 1.807) is 0 Å². The van der Waals surface area contributed by atoms with Crippen molar-refractivity contribution in [3.05, 3.63) is 47.8 Å². The summed E-state index contributed by atoms with van der Waals surface area (Å²) in [4.78, 5) is 9.03. The van der Waals surface area contributed by atoms with E-state index < -0.39 is 5.60 Å². The van der Waals surface area contributed by atoms with Crippen LogP contribution in [0.3, 0.4) is 0 Å². The monoisotopic (exact) mass is 340 g/mol. The predicted molar refractivity (Wildman–Crippen MR) is 99.3 cm³/mol. The summed E-state index contributed by atoms with van der Waals surface area (Å²) in [6.45, 7) is 2.86. The van der Waals surface area contributed by atoms with Gasteiger partial charge < -0.3 is 9.84 Å². The van der Waals surface area contributed by atoms with Gasteiger partial charge in [0, 0.05) is 18.0 Å². The highest BCUT2D eigenvalue weighted by Gasteiger charge is 2.45. The number of nitrogens with zero attached hydrogens (tertiary/aromatic N) is 2. The first-order valence-corrected chi connectivity index (χ1v) is 9.44. The van der Waals surface area contributed by atoms with Crippen molar-refractivity contribution in [2.24, 2.45) is 0 Å². The summed E-state index contributed by atoms with van der Waals surface area (Å²) < 4.78 is 5.38. The Labute approximate surface area is 150 Å². The number of aliphatic hydroxyl groups is 1. The minimum absolute atomic E-state index is 0.0238. The second-order valence-electron chi connectivity index (χ2n) is 6.95. The number of ether oxygens (including phenoxy) is 1. The van der Waals surface area contributed by atoms with Crippen molar-refractivity contribution in [2.45, 2.75) is 57.5 Å². The second kappa shape index (κ2) is 8.54. The maximum Gasteiger partial charge on any atom is 0.159 e. The van der Waals surface area contributed by atoms with Crippen molar-refractivity contribution < 1.29 is 9.84 Å². The van der Waals surface area contributed by atoms with Crippen LogP contribution in [-0.4, -0.2) is 28.3 Å². The highest BCUT2D eigenvalue weighted by atomic mass is 16.6. The molecule has 1 aromatic carbocycles. The van der Waals surface area contributed by atoms with Crippen LogP contribution in [-0.2, 0) is 16.8 Å². The van der Waals surface area contributed by atoms with Gasteiger partial charge in [0.1, 0.15) is 5.60 Å². The zero-order valence-corrected chi connectivity index (χ0v) is 15.1. The van der Waals surface area contributed by atoms with Crippen LogP contribution in [0.5, 0.6) is 0 Å². The van der Waals surface area contributed by atoms with Crippen LogP contribution in [0.15, 0.2) is 36.7 Å². The Kier molecular flexibility index (Phi) is 6.16. The molecule has 1 aliphatic heterocycles. The van der Waals surface area contributed by atoms with Gasteiger partial charge in [0.15, 0.2) is 5.82 Å². The Bertz CT molecular complexity index is 649. The fraction of sp³-hybridized carbons (Fsp3) is 0.524. The molecule has 1 N–H and O–H groups in total. The first kappa shape index (κ1) is 18.0. The van der Waals surface area contributed by atoms with Crippen molar-refractivity contribution in [3.8, 4) is 11.4 Å². The minimum atomic E-state index is -0.472. The number of rotatable bonds is 10. The lowest BCUT2D eigenvalue weighted by molar-refractivity contribution is 0.173. The van der Waals surface area contributed by atoms with Crippen molar-refractivity contribution in [3.63, 3.8) is 0 Å². The number of epoxide rings is 1. The van der Waals surface area contributed by atoms with Crippen LogP contribution >= 0.6 is 0 Å². The van der Waals surface area contributed by atoms with Gasteiger partial charge in [-0.25, -0.2) is 9.97 Å². The van der Waals surface area contributed by atoms with Crippen LogP contribution in [0.1, 0.15) is 56.6 Å². The summed E-state index contributed by atoms with van der Waals surface area (Å²) in [6, 6.07) is 7.98. The molecule has 0 aliphatic carbocycles. The fourth-order valence-corrected chi connectivity index (χ4v) is 3.10. The zero-order chi connectivity index (χ0) is 17.5. The Morgan fingerprint density at radius 1 is 1.00 bits per heavy atom. The predicted octanol–water partition coefficient (Wildman–Crippen LogP) is 4.26. The number of aliphatic hydroxyl groups excluding tert-OH is 1. The van der Waals surface area contributed by atoms with E-state index in [2.05, 4.69) is 16.9 Å². The molecule has 0 bridgehead atoms. The maximum absolute atomic E-state index is 9.41. The summed E-state index contributed by atoms with van der Waals surface area (Å²) in [5, 5.41) is 9.41. The Balaban J connectivity index is 1.52. The number of benzene rings is 1. The Morgan fingerprint density at radius 3 is 2.24 bits per heavy atom. The minimum Gasteiger partial charge on any atom is -0.393 e. The molecule has 1 atom stereocenters. The molecular formula is C21H28N2O2. The molecule has 1 aromatic heterocycles. The van der Waals surface area contributed by atoms with Crippen LogP contribution in [0.2, 0.25) is 0 Å². The zero-order valence-electron chi connectivity index (χ0n) is 15.1. The number of aryl methyl sites for hydroxylation is 1. The molecule has 2 aromatic rings. The van der Waals surface area contributed by atoms with Gasteiger partial charge in [-0.2, -0.15) is 0 Å². The molecule has 2 heterocycles. The summed E-state index contributed by atoms with van der Waals surface area (Å²) in [5.74, 6) is 0.744. The third-order valence-corrected chi connectivity index (χ3v) is 4.94. The van der Waals surface area contributed by atoms with E-state index in [4.69, 9.17) is 4.74 Å². The number of hydrogen-bond acceptors (Lipinski definition) is 4.